The third-order valence-corrected chi connectivity index (χ3v) is 6.05. The van der Waals surface area contributed by atoms with Crippen LogP contribution < -0.4 is 10.1 Å². The lowest BCUT2D eigenvalue weighted by atomic mass is 9.85. The number of amides is 2. The van der Waals surface area contributed by atoms with Crippen LogP contribution in [0.15, 0.2) is 42.7 Å². The zero-order valence-corrected chi connectivity index (χ0v) is 18.5. The molecule has 172 valence electrons. The fourth-order valence-electron chi connectivity index (χ4n) is 4.24. The summed E-state index contributed by atoms with van der Waals surface area (Å²) in [4.78, 5) is 31.3. The van der Waals surface area contributed by atoms with E-state index in [1.54, 1.807) is 56.6 Å². The number of pyridine rings is 1. The van der Waals surface area contributed by atoms with Crippen molar-refractivity contribution >= 4 is 12.0 Å². The predicted molar refractivity (Wildman–Crippen MR) is 117 cm³/mol. The van der Waals surface area contributed by atoms with Gasteiger partial charge in [-0.1, -0.05) is 6.07 Å². The number of likely N-dealkylation sites (tertiary alicyclic amines) is 1. The van der Waals surface area contributed by atoms with Crippen molar-refractivity contribution in [3.8, 4) is 11.8 Å². The number of fused-ring (bicyclic) bond motifs is 1. The fourth-order valence-corrected chi connectivity index (χ4v) is 4.24. The van der Waals surface area contributed by atoms with Crippen LogP contribution in [0.5, 0.6) is 5.75 Å². The lowest BCUT2D eigenvalue weighted by molar-refractivity contribution is -0.129. The van der Waals surface area contributed by atoms with Gasteiger partial charge in [0.15, 0.2) is 0 Å². The van der Waals surface area contributed by atoms with Crippen LogP contribution in [0.3, 0.4) is 0 Å². The molecule has 2 amide bonds. The Morgan fingerprint density at radius 1 is 1.39 bits per heavy atom. The SMILES string of the molecule is CC1(C)Oc2ccc(C#N)cc2C(NC(=O)[C@@H]2CCCN2C(=O)OCc2cccnc2)C1O. The molecule has 1 aromatic carbocycles. The summed E-state index contributed by atoms with van der Waals surface area (Å²) >= 11 is 0. The molecular weight excluding hydrogens is 424 g/mol. The molecule has 0 aliphatic carbocycles. The number of benzene rings is 1. The van der Waals surface area contributed by atoms with E-state index in [1.165, 1.54) is 4.90 Å². The Morgan fingerprint density at radius 3 is 2.94 bits per heavy atom. The molecule has 2 aromatic rings. The number of carbonyl (C=O) groups excluding carboxylic acids is 2. The molecule has 2 N–H and O–H groups in total. The molecule has 0 spiro atoms. The molecule has 2 aliphatic heterocycles. The van der Waals surface area contributed by atoms with Gasteiger partial charge in [0.25, 0.3) is 0 Å². The van der Waals surface area contributed by atoms with Gasteiger partial charge in [-0.05, 0) is 51.0 Å². The Bertz CT molecular complexity index is 1080. The van der Waals surface area contributed by atoms with Gasteiger partial charge >= 0.3 is 6.09 Å². The van der Waals surface area contributed by atoms with E-state index in [4.69, 9.17) is 9.47 Å². The third-order valence-electron chi connectivity index (χ3n) is 6.05. The Kier molecular flexibility index (Phi) is 6.20. The molecule has 0 radical (unpaired) electrons. The quantitative estimate of drug-likeness (QED) is 0.733. The molecule has 1 fully saturated rings. The van der Waals surface area contributed by atoms with Crippen molar-refractivity contribution in [2.75, 3.05) is 6.54 Å². The highest BCUT2D eigenvalue weighted by atomic mass is 16.6. The topological polar surface area (TPSA) is 125 Å². The molecular formula is C24H26N4O5. The van der Waals surface area contributed by atoms with Crippen molar-refractivity contribution in [2.24, 2.45) is 0 Å². The molecule has 1 aromatic heterocycles. The zero-order valence-electron chi connectivity index (χ0n) is 18.5. The number of carbonyl (C=O) groups is 2. The van der Waals surface area contributed by atoms with Gasteiger partial charge in [0.2, 0.25) is 5.91 Å². The highest BCUT2D eigenvalue weighted by Crippen LogP contribution is 2.40. The molecule has 2 unspecified atom stereocenters. The first-order chi connectivity index (χ1) is 15.8. The first-order valence-corrected chi connectivity index (χ1v) is 10.8. The summed E-state index contributed by atoms with van der Waals surface area (Å²) in [6, 6.07) is 9.01. The van der Waals surface area contributed by atoms with Crippen LogP contribution in [-0.4, -0.2) is 51.3 Å². The molecule has 9 nitrogen and oxygen atoms in total. The van der Waals surface area contributed by atoms with E-state index in [0.29, 0.717) is 36.3 Å². The van der Waals surface area contributed by atoms with Crippen molar-refractivity contribution in [2.45, 2.75) is 57.1 Å². The number of nitrogens with zero attached hydrogens (tertiary/aromatic N) is 3. The number of ether oxygens (including phenoxy) is 2. The Labute approximate surface area is 191 Å². The normalized spacial score (nSPS) is 23.1. The minimum atomic E-state index is -1.06. The summed E-state index contributed by atoms with van der Waals surface area (Å²) in [5, 5.41) is 23.1. The van der Waals surface area contributed by atoms with Gasteiger partial charge in [0.05, 0.1) is 17.7 Å². The van der Waals surface area contributed by atoms with Gasteiger partial charge < -0.3 is 19.9 Å². The summed E-state index contributed by atoms with van der Waals surface area (Å²) in [7, 11) is 0. The first kappa shape index (κ1) is 22.6. The Hall–Kier alpha value is -3.64. The molecule has 1 saturated heterocycles. The summed E-state index contributed by atoms with van der Waals surface area (Å²) < 4.78 is 11.3. The summed E-state index contributed by atoms with van der Waals surface area (Å²) in [5.41, 5.74) is 0.711. The van der Waals surface area contributed by atoms with E-state index in [2.05, 4.69) is 16.4 Å². The number of rotatable bonds is 4. The summed E-state index contributed by atoms with van der Waals surface area (Å²) in [6.07, 6.45) is 2.77. The van der Waals surface area contributed by atoms with Crippen LogP contribution in [0.1, 0.15) is 49.4 Å². The van der Waals surface area contributed by atoms with Crippen molar-refractivity contribution in [3.05, 3.63) is 59.4 Å². The highest BCUT2D eigenvalue weighted by Gasteiger charge is 2.45. The van der Waals surface area contributed by atoms with E-state index in [9.17, 15) is 20.0 Å². The van der Waals surface area contributed by atoms with Crippen molar-refractivity contribution in [3.63, 3.8) is 0 Å². The molecule has 3 heterocycles. The second kappa shape index (κ2) is 9.08. The second-order valence-corrected chi connectivity index (χ2v) is 8.77. The number of hydrogen-bond donors (Lipinski definition) is 2. The number of aliphatic hydroxyl groups excluding tert-OH is 1. The van der Waals surface area contributed by atoms with Crippen molar-refractivity contribution in [1.82, 2.24) is 15.2 Å². The van der Waals surface area contributed by atoms with Crippen LogP contribution in [0.4, 0.5) is 4.79 Å². The van der Waals surface area contributed by atoms with Gasteiger partial charge in [-0.3, -0.25) is 14.7 Å². The maximum atomic E-state index is 13.2. The van der Waals surface area contributed by atoms with Gasteiger partial charge in [-0.2, -0.15) is 5.26 Å². The lowest BCUT2D eigenvalue weighted by Crippen LogP contribution is -2.56. The first-order valence-electron chi connectivity index (χ1n) is 10.8. The molecule has 9 heteroatoms. The van der Waals surface area contributed by atoms with Crippen molar-refractivity contribution < 1.29 is 24.2 Å². The number of aliphatic hydroxyl groups is 1. The smallest absolute Gasteiger partial charge is 0.410 e. The van der Waals surface area contributed by atoms with E-state index >= 15 is 0 Å². The van der Waals surface area contributed by atoms with E-state index < -0.39 is 29.9 Å². The van der Waals surface area contributed by atoms with Gasteiger partial charge in [-0.25, -0.2) is 4.79 Å². The molecule has 33 heavy (non-hydrogen) atoms. The summed E-state index contributed by atoms with van der Waals surface area (Å²) in [5.74, 6) is 0.106. The molecule has 0 saturated carbocycles. The standard InChI is InChI=1S/C24H26N4O5/c1-24(2)21(29)20(17-11-15(12-25)7-8-19(17)33-24)27-22(30)18-6-4-10-28(18)23(31)32-14-16-5-3-9-26-13-16/h3,5,7-9,11,13,18,20-21,29H,4,6,10,14H2,1-2H3,(H,27,30)/t18-,20?,21?/m0/s1. The van der Waals surface area contributed by atoms with Gasteiger partial charge in [0, 0.05) is 30.1 Å². The minimum Gasteiger partial charge on any atom is -0.485 e. The summed E-state index contributed by atoms with van der Waals surface area (Å²) in [6.45, 7) is 3.93. The largest absolute Gasteiger partial charge is 0.485 e. The lowest BCUT2D eigenvalue weighted by Gasteiger charge is -2.42. The third kappa shape index (κ3) is 4.61. The van der Waals surface area contributed by atoms with E-state index in [0.717, 1.165) is 5.56 Å². The molecule has 0 bridgehead atoms. The van der Waals surface area contributed by atoms with Crippen LogP contribution in [0.25, 0.3) is 0 Å². The average Bonchev–Trinajstić information content (AvgIpc) is 3.31. The van der Waals surface area contributed by atoms with E-state index in [1.807, 2.05) is 0 Å². The van der Waals surface area contributed by atoms with Crippen LogP contribution in [0.2, 0.25) is 0 Å². The van der Waals surface area contributed by atoms with Crippen LogP contribution >= 0.6 is 0 Å². The highest BCUT2D eigenvalue weighted by molar-refractivity contribution is 5.86. The minimum absolute atomic E-state index is 0.0642. The Morgan fingerprint density at radius 2 is 2.21 bits per heavy atom. The number of nitriles is 1. The van der Waals surface area contributed by atoms with Crippen molar-refractivity contribution in [1.29, 1.82) is 5.26 Å². The maximum Gasteiger partial charge on any atom is 0.410 e. The maximum absolute atomic E-state index is 13.2. The molecule has 3 atom stereocenters. The Balaban J connectivity index is 1.49. The number of nitrogens with one attached hydrogen (secondary N) is 1. The van der Waals surface area contributed by atoms with Crippen LogP contribution in [-0.2, 0) is 16.1 Å². The van der Waals surface area contributed by atoms with Crippen LogP contribution in [0, 0.1) is 11.3 Å². The fraction of sp³-hybridized carbons (Fsp3) is 0.417. The zero-order chi connectivity index (χ0) is 23.6. The van der Waals surface area contributed by atoms with E-state index in [-0.39, 0.29) is 12.5 Å². The monoisotopic (exact) mass is 450 g/mol. The van der Waals surface area contributed by atoms with Gasteiger partial charge in [-0.15, -0.1) is 0 Å². The predicted octanol–water partition coefficient (Wildman–Crippen LogP) is 2.44. The number of hydrogen-bond acceptors (Lipinski definition) is 7. The molecule has 4 rings (SSSR count). The second-order valence-electron chi connectivity index (χ2n) is 8.77. The number of aromatic nitrogens is 1. The molecule has 2 aliphatic rings. The van der Waals surface area contributed by atoms with Gasteiger partial charge in [0.1, 0.15) is 30.1 Å². The average molecular weight is 450 g/mol.